The summed E-state index contributed by atoms with van der Waals surface area (Å²) in [5.74, 6) is -0.544. The molecule has 0 atom stereocenters. The number of carbonyl (C=O) groups is 1. The number of anilines is 1. The Morgan fingerprint density at radius 2 is 2.25 bits per heavy atom. The van der Waals surface area contributed by atoms with Crippen LogP contribution in [0.25, 0.3) is 0 Å². The van der Waals surface area contributed by atoms with E-state index in [4.69, 9.17) is 15.7 Å². The van der Waals surface area contributed by atoms with Crippen molar-refractivity contribution >= 4 is 11.7 Å². The molecule has 1 aromatic heterocycles. The van der Waals surface area contributed by atoms with Gasteiger partial charge in [-0.15, -0.1) is 0 Å². The number of nitrogens with two attached hydrogens (primary N) is 1. The van der Waals surface area contributed by atoms with Crippen LogP contribution in [0.15, 0.2) is 30.5 Å². The maximum absolute atomic E-state index is 11.6. The molecule has 6 nitrogen and oxygen atoms in total. The Kier molecular flexibility index (Phi) is 4.01. The van der Waals surface area contributed by atoms with Crippen molar-refractivity contribution < 1.29 is 9.53 Å². The van der Waals surface area contributed by atoms with E-state index < -0.39 is 5.97 Å². The first-order valence-corrected chi connectivity index (χ1v) is 6.13. The Morgan fingerprint density at radius 1 is 1.50 bits per heavy atom. The van der Waals surface area contributed by atoms with Crippen molar-refractivity contribution in [3.63, 3.8) is 0 Å². The summed E-state index contributed by atoms with van der Waals surface area (Å²) in [5, 5.41) is 13.1. The summed E-state index contributed by atoms with van der Waals surface area (Å²) in [5.41, 5.74) is 7.49. The first kappa shape index (κ1) is 13.6. The molecular weight excluding hydrogens is 256 g/mol. The number of hydrogen-bond acceptors (Lipinski definition) is 5. The minimum absolute atomic E-state index is 0.0984. The fraction of sp³-hybridized carbons (Fsp3) is 0.214. The highest BCUT2D eigenvalue weighted by atomic mass is 16.5. The Balaban J connectivity index is 2.25. The van der Waals surface area contributed by atoms with Gasteiger partial charge >= 0.3 is 5.97 Å². The summed E-state index contributed by atoms with van der Waals surface area (Å²) in [6.45, 7) is 2.35. The highest BCUT2D eigenvalue weighted by Gasteiger charge is 2.16. The first-order chi connectivity index (χ1) is 9.65. The smallest absolute Gasteiger partial charge is 0.361 e. The summed E-state index contributed by atoms with van der Waals surface area (Å²) in [7, 11) is 0. The molecule has 1 heterocycles. The van der Waals surface area contributed by atoms with Crippen LogP contribution >= 0.6 is 0 Å². The van der Waals surface area contributed by atoms with E-state index in [0.717, 1.165) is 5.56 Å². The molecule has 2 rings (SSSR count). The van der Waals surface area contributed by atoms with E-state index in [9.17, 15) is 4.79 Å². The predicted octanol–water partition coefficient (Wildman–Crippen LogP) is 1.56. The number of ether oxygens (including phenoxy) is 1. The molecule has 0 fully saturated rings. The van der Waals surface area contributed by atoms with Gasteiger partial charge in [0.15, 0.2) is 5.69 Å². The first-order valence-electron chi connectivity index (χ1n) is 6.13. The Bertz CT molecular complexity index is 670. The molecule has 0 spiro atoms. The molecule has 0 saturated heterocycles. The van der Waals surface area contributed by atoms with Crippen LogP contribution in [0.4, 0.5) is 5.69 Å². The van der Waals surface area contributed by atoms with Crippen molar-refractivity contribution in [3.05, 3.63) is 47.3 Å². The Morgan fingerprint density at radius 3 is 2.95 bits per heavy atom. The third-order valence-electron chi connectivity index (χ3n) is 2.73. The van der Waals surface area contributed by atoms with Gasteiger partial charge < -0.3 is 10.5 Å². The molecule has 0 aliphatic rings. The standard InChI is InChI=1S/C14H14N4O2/c1-2-20-14(19)13-12(16)9-18(17-13)8-11-6-4-3-5-10(11)7-15/h3-6,9H,2,8,16H2,1H3. The lowest BCUT2D eigenvalue weighted by molar-refractivity contribution is 0.0519. The van der Waals surface area contributed by atoms with Crippen molar-refractivity contribution in [2.24, 2.45) is 0 Å². The summed E-state index contributed by atoms with van der Waals surface area (Å²) in [4.78, 5) is 11.6. The third kappa shape index (κ3) is 2.78. The van der Waals surface area contributed by atoms with Gasteiger partial charge in [0.2, 0.25) is 0 Å². The molecule has 102 valence electrons. The van der Waals surface area contributed by atoms with Crippen LogP contribution in [-0.4, -0.2) is 22.4 Å². The third-order valence-corrected chi connectivity index (χ3v) is 2.73. The quantitative estimate of drug-likeness (QED) is 0.851. The van der Waals surface area contributed by atoms with Crippen LogP contribution in [-0.2, 0) is 11.3 Å². The molecule has 1 aromatic carbocycles. The van der Waals surface area contributed by atoms with Gasteiger partial charge in [-0.3, -0.25) is 4.68 Å². The van der Waals surface area contributed by atoms with Crippen molar-refractivity contribution in [3.8, 4) is 6.07 Å². The number of rotatable bonds is 4. The van der Waals surface area contributed by atoms with Crippen LogP contribution < -0.4 is 5.73 Å². The number of aromatic nitrogens is 2. The highest BCUT2D eigenvalue weighted by Crippen LogP contribution is 2.14. The lowest BCUT2D eigenvalue weighted by Crippen LogP contribution is -2.09. The zero-order valence-electron chi connectivity index (χ0n) is 11.0. The SMILES string of the molecule is CCOC(=O)c1nn(Cc2ccccc2C#N)cc1N. The van der Waals surface area contributed by atoms with Gasteiger partial charge in [-0.1, -0.05) is 18.2 Å². The molecular formula is C14H14N4O2. The summed E-state index contributed by atoms with van der Waals surface area (Å²) >= 11 is 0. The average Bonchev–Trinajstić information content (AvgIpc) is 2.80. The van der Waals surface area contributed by atoms with Crippen LogP contribution in [0.5, 0.6) is 0 Å². The second-order valence-corrected chi connectivity index (χ2v) is 4.12. The Hall–Kier alpha value is -2.81. The molecule has 0 radical (unpaired) electrons. The number of benzene rings is 1. The van der Waals surface area contributed by atoms with Crippen LogP contribution in [0.1, 0.15) is 28.5 Å². The van der Waals surface area contributed by atoms with Gasteiger partial charge in [-0.2, -0.15) is 10.4 Å². The highest BCUT2D eigenvalue weighted by molar-refractivity contribution is 5.92. The van der Waals surface area contributed by atoms with Gasteiger partial charge in [-0.25, -0.2) is 4.79 Å². The van der Waals surface area contributed by atoms with E-state index >= 15 is 0 Å². The van der Waals surface area contributed by atoms with Gasteiger partial charge in [0.05, 0.1) is 30.5 Å². The second kappa shape index (κ2) is 5.89. The molecule has 0 unspecified atom stereocenters. The maximum Gasteiger partial charge on any atom is 0.361 e. The summed E-state index contributed by atoms with van der Waals surface area (Å²) in [6.07, 6.45) is 1.56. The maximum atomic E-state index is 11.6. The lowest BCUT2D eigenvalue weighted by Gasteiger charge is -2.03. The molecule has 0 aliphatic heterocycles. The van der Waals surface area contributed by atoms with Gasteiger partial charge in [0.25, 0.3) is 0 Å². The van der Waals surface area contributed by atoms with Gasteiger partial charge in [-0.05, 0) is 18.6 Å². The van der Waals surface area contributed by atoms with Crippen molar-refractivity contribution in [2.75, 3.05) is 12.3 Å². The molecule has 0 amide bonds. The zero-order valence-corrected chi connectivity index (χ0v) is 11.0. The Labute approximate surface area is 116 Å². The summed E-state index contributed by atoms with van der Waals surface area (Å²) < 4.78 is 6.40. The molecule has 0 bridgehead atoms. The predicted molar refractivity (Wildman–Crippen MR) is 72.9 cm³/mol. The summed E-state index contributed by atoms with van der Waals surface area (Å²) in [6, 6.07) is 9.32. The number of nitrogens with zero attached hydrogens (tertiary/aromatic N) is 3. The van der Waals surface area contributed by atoms with Crippen molar-refractivity contribution in [1.82, 2.24) is 9.78 Å². The molecule has 2 aromatic rings. The van der Waals surface area contributed by atoms with Crippen molar-refractivity contribution in [1.29, 1.82) is 5.26 Å². The zero-order chi connectivity index (χ0) is 14.5. The fourth-order valence-electron chi connectivity index (χ4n) is 1.82. The van der Waals surface area contributed by atoms with Crippen LogP contribution in [0.3, 0.4) is 0 Å². The monoisotopic (exact) mass is 270 g/mol. The second-order valence-electron chi connectivity index (χ2n) is 4.12. The minimum atomic E-state index is -0.544. The van der Waals surface area contributed by atoms with Crippen LogP contribution in [0.2, 0.25) is 0 Å². The average molecular weight is 270 g/mol. The number of carbonyl (C=O) groups excluding carboxylic acids is 1. The van der Waals surface area contributed by atoms with Gasteiger partial charge in [0, 0.05) is 6.20 Å². The van der Waals surface area contributed by atoms with E-state index in [1.807, 2.05) is 12.1 Å². The van der Waals surface area contributed by atoms with Crippen LogP contribution in [0, 0.1) is 11.3 Å². The number of nitriles is 1. The number of esters is 1. The molecule has 6 heteroatoms. The number of hydrogen-bond donors (Lipinski definition) is 1. The van der Waals surface area contributed by atoms with E-state index in [0.29, 0.717) is 12.1 Å². The molecule has 20 heavy (non-hydrogen) atoms. The molecule has 0 saturated carbocycles. The van der Waals surface area contributed by atoms with Crippen molar-refractivity contribution in [2.45, 2.75) is 13.5 Å². The van der Waals surface area contributed by atoms with E-state index in [-0.39, 0.29) is 18.0 Å². The lowest BCUT2D eigenvalue weighted by atomic mass is 10.1. The largest absolute Gasteiger partial charge is 0.461 e. The van der Waals surface area contributed by atoms with E-state index in [1.165, 1.54) is 4.68 Å². The van der Waals surface area contributed by atoms with Gasteiger partial charge in [0.1, 0.15) is 0 Å². The fourth-order valence-corrected chi connectivity index (χ4v) is 1.82. The van der Waals surface area contributed by atoms with E-state index in [2.05, 4.69) is 11.2 Å². The normalized spacial score (nSPS) is 10.0. The topological polar surface area (TPSA) is 93.9 Å². The minimum Gasteiger partial charge on any atom is -0.461 e. The molecule has 2 N–H and O–H groups in total. The molecule has 0 aliphatic carbocycles. The van der Waals surface area contributed by atoms with E-state index in [1.54, 1.807) is 25.3 Å². The number of nitrogen functional groups attached to an aromatic ring is 1.